The molecule has 2 aromatic rings. The molecule has 2 aromatic carbocycles. The van der Waals surface area contributed by atoms with Gasteiger partial charge in [0.1, 0.15) is 0 Å². The lowest BCUT2D eigenvalue weighted by molar-refractivity contribution is 0.0815. The van der Waals surface area contributed by atoms with Crippen LogP contribution < -0.4 is 4.90 Å². The fourth-order valence-electron chi connectivity index (χ4n) is 4.00. The molecule has 1 saturated carbocycles. The number of rotatable bonds is 5. The topological polar surface area (TPSA) is 23.6 Å². The molecule has 0 spiro atoms. The number of likely N-dealkylation sites (tertiary alicyclic amines) is 1. The zero-order chi connectivity index (χ0) is 17.4. The third-order valence-electron chi connectivity index (χ3n) is 5.71. The minimum Gasteiger partial charge on any atom is -0.378 e. The molecule has 0 radical (unpaired) electrons. The molecule has 2 aliphatic rings. The Hall–Kier alpha value is -1.87. The van der Waals surface area contributed by atoms with Crippen LogP contribution in [0.3, 0.4) is 0 Å². The summed E-state index contributed by atoms with van der Waals surface area (Å²) < 4.78 is 0. The van der Waals surface area contributed by atoms with Gasteiger partial charge >= 0.3 is 0 Å². The Labute approximate surface area is 150 Å². The van der Waals surface area contributed by atoms with Gasteiger partial charge < -0.3 is 9.80 Å². The average Bonchev–Trinajstić information content (AvgIpc) is 3.44. The number of carbonyl (C=O) groups is 1. The van der Waals surface area contributed by atoms with Crippen molar-refractivity contribution in [2.75, 3.05) is 38.6 Å². The Morgan fingerprint density at radius 1 is 1.08 bits per heavy atom. The van der Waals surface area contributed by atoms with E-state index in [0.29, 0.717) is 5.78 Å². The quantitative estimate of drug-likeness (QED) is 0.764. The second-order valence-corrected chi connectivity index (χ2v) is 8.05. The summed E-state index contributed by atoms with van der Waals surface area (Å²) in [7, 11) is 4.10. The Morgan fingerprint density at radius 2 is 1.84 bits per heavy atom. The second-order valence-electron chi connectivity index (χ2n) is 8.05. The van der Waals surface area contributed by atoms with Gasteiger partial charge in [0.2, 0.25) is 0 Å². The van der Waals surface area contributed by atoms with Crippen molar-refractivity contribution in [3.63, 3.8) is 0 Å². The molecule has 1 atom stereocenters. The highest BCUT2D eigenvalue weighted by Gasteiger charge is 2.30. The van der Waals surface area contributed by atoms with Gasteiger partial charge in [0.25, 0.3) is 0 Å². The molecular formula is C22H28N2O. The van der Waals surface area contributed by atoms with Gasteiger partial charge in [0.15, 0.2) is 5.78 Å². The predicted octanol–water partition coefficient (Wildman–Crippen LogP) is 4.21. The Bertz CT molecular complexity index is 779. The van der Waals surface area contributed by atoms with Crippen LogP contribution in [0, 0.1) is 11.8 Å². The van der Waals surface area contributed by atoms with Crippen LogP contribution >= 0.6 is 0 Å². The largest absolute Gasteiger partial charge is 0.378 e. The van der Waals surface area contributed by atoms with Crippen molar-refractivity contribution < 1.29 is 4.79 Å². The summed E-state index contributed by atoms with van der Waals surface area (Å²) >= 11 is 0. The summed E-state index contributed by atoms with van der Waals surface area (Å²) in [5, 5.41) is 2.35. The molecular weight excluding hydrogens is 308 g/mol. The average molecular weight is 336 g/mol. The van der Waals surface area contributed by atoms with Gasteiger partial charge in [0.05, 0.1) is 0 Å². The van der Waals surface area contributed by atoms with E-state index in [4.69, 9.17) is 0 Å². The molecule has 1 heterocycles. The van der Waals surface area contributed by atoms with E-state index in [1.54, 1.807) is 0 Å². The van der Waals surface area contributed by atoms with Crippen LogP contribution in [0.2, 0.25) is 0 Å². The Kier molecular flexibility index (Phi) is 4.51. The Balaban J connectivity index is 1.51. The molecule has 0 amide bonds. The maximum Gasteiger partial charge on any atom is 0.167 e. The molecule has 3 nitrogen and oxygen atoms in total. The molecule has 0 aromatic heterocycles. The lowest BCUT2D eigenvalue weighted by Crippen LogP contribution is -2.39. The highest BCUT2D eigenvalue weighted by molar-refractivity contribution is 6.01. The number of anilines is 1. The van der Waals surface area contributed by atoms with Gasteiger partial charge in [-0.05, 0) is 67.1 Å². The summed E-state index contributed by atoms with van der Waals surface area (Å²) in [6.07, 6.45) is 4.96. The van der Waals surface area contributed by atoms with Crippen LogP contribution in [-0.2, 0) is 0 Å². The minimum absolute atomic E-state index is 0.172. The normalized spacial score (nSPS) is 21.4. The lowest BCUT2D eigenvalue weighted by Gasteiger charge is -2.32. The first-order valence-electron chi connectivity index (χ1n) is 9.58. The molecule has 25 heavy (non-hydrogen) atoms. The molecule has 1 aliphatic carbocycles. The first-order valence-corrected chi connectivity index (χ1v) is 9.58. The van der Waals surface area contributed by atoms with Gasteiger partial charge in [-0.3, -0.25) is 4.79 Å². The van der Waals surface area contributed by atoms with Gasteiger partial charge in [-0.2, -0.15) is 0 Å². The van der Waals surface area contributed by atoms with Crippen molar-refractivity contribution in [1.82, 2.24) is 4.90 Å². The maximum atomic E-state index is 13.0. The third kappa shape index (κ3) is 3.72. The van der Waals surface area contributed by atoms with Crippen molar-refractivity contribution in [1.29, 1.82) is 0 Å². The molecule has 132 valence electrons. The molecule has 4 rings (SSSR count). The highest BCUT2D eigenvalue weighted by atomic mass is 16.1. The molecule has 1 saturated heterocycles. The van der Waals surface area contributed by atoms with Gasteiger partial charge in [0, 0.05) is 44.4 Å². The van der Waals surface area contributed by atoms with Crippen LogP contribution in [0.1, 0.15) is 36.0 Å². The molecule has 3 heteroatoms. The van der Waals surface area contributed by atoms with E-state index in [0.717, 1.165) is 36.3 Å². The zero-order valence-corrected chi connectivity index (χ0v) is 15.4. The molecule has 0 unspecified atom stereocenters. The van der Waals surface area contributed by atoms with Crippen LogP contribution in [-0.4, -0.2) is 44.4 Å². The number of hydrogen-bond donors (Lipinski definition) is 0. The fourth-order valence-corrected chi connectivity index (χ4v) is 4.00. The smallest absolute Gasteiger partial charge is 0.167 e. The molecule has 0 bridgehead atoms. The number of hydrogen-bond acceptors (Lipinski definition) is 3. The number of ketones is 1. The molecule has 2 fully saturated rings. The van der Waals surface area contributed by atoms with E-state index in [-0.39, 0.29) is 5.92 Å². The number of piperidine rings is 1. The third-order valence-corrected chi connectivity index (χ3v) is 5.71. The van der Waals surface area contributed by atoms with Gasteiger partial charge in [-0.25, -0.2) is 0 Å². The van der Waals surface area contributed by atoms with Crippen molar-refractivity contribution in [3.8, 4) is 0 Å². The van der Waals surface area contributed by atoms with Crippen LogP contribution in [0.4, 0.5) is 5.69 Å². The predicted molar refractivity (Wildman–Crippen MR) is 104 cm³/mol. The van der Waals surface area contributed by atoms with E-state index >= 15 is 0 Å². The summed E-state index contributed by atoms with van der Waals surface area (Å²) in [5.41, 5.74) is 2.07. The number of carbonyl (C=O) groups excluding carboxylic acids is 1. The Morgan fingerprint density at radius 3 is 2.60 bits per heavy atom. The van der Waals surface area contributed by atoms with Crippen LogP contribution in [0.25, 0.3) is 10.8 Å². The van der Waals surface area contributed by atoms with E-state index in [1.165, 1.54) is 37.0 Å². The summed E-state index contributed by atoms with van der Waals surface area (Å²) in [6, 6.07) is 12.6. The summed E-state index contributed by atoms with van der Waals surface area (Å²) in [4.78, 5) is 17.7. The highest BCUT2D eigenvalue weighted by Crippen LogP contribution is 2.32. The SMILES string of the molecule is CN(C)c1ccc2cc(C(=O)[C@H]3CCCN(CC4CC4)C3)ccc2c1. The van der Waals surface area contributed by atoms with Crippen molar-refractivity contribution in [2.45, 2.75) is 25.7 Å². The zero-order valence-electron chi connectivity index (χ0n) is 15.4. The first kappa shape index (κ1) is 16.6. The van der Waals surface area contributed by atoms with Crippen LogP contribution in [0.15, 0.2) is 36.4 Å². The fraction of sp³-hybridized carbons (Fsp3) is 0.500. The van der Waals surface area contributed by atoms with E-state index in [1.807, 2.05) is 6.07 Å². The lowest BCUT2D eigenvalue weighted by atomic mass is 9.89. The van der Waals surface area contributed by atoms with E-state index in [9.17, 15) is 4.79 Å². The van der Waals surface area contributed by atoms with E-state index < -0.39 is 0 Å². The second kappa shape index (κ2) is 6.80. The molecule has 1 aliphatic heterocycles. The van der Waals surface area contributed by atoms with E-state index in [2.05, 4.69) is 54.2 Å². The monoisotopic (exact) mass is 336 g/mol. The maximum absolute atomic E-state index is 13.0. The van der Waals surface area contributed by atoms with Crippen LogP contribution in [0.5, 0.6) is 0 Å². The number of fused-ring (bicyclic) bond motifs is 1. The number of benzene rings is 2. The van der Waals surface area contributed by atoms with Gasteiger partial charge in [-0.1, -0.05) is 18.2 Å². The minimum atomic E-state index is 0.172. The molecule has 0 N–H and O–H groups in total. The standard InChI is InChI=1S/C22H28N2O/c1-23(2)21-10-9-17-12-19(8-7-18(17)13-21)22(25)20-4-3-11-24(15-20)14-16-5-6-16/h7-10,12-13,16,20H,3-6,11,14-15H2,1-2H3/t20-/m0/s1. The van der Waals surface area contributed by atoms with Crippen molar-refractivity contribution >= 4 is 22.2 Å². The first-order chi connectivity index (χ1) is 12.1. The summed E-state index contributed by atoms with van der Waals surface area (Å²) in [6.45, 7) is 3.33. The van der Waals surface area contributed by atoms with Crippen molar-refractivity contribution in [3.05, 3.63) is 42.0 Å². The number of nitrogens with zero attached hydrogens (tertiary/aromatic N) is 2. The summed E-state index contributed by atoms with van der Waals surface area (Å²) in [5.74, 6) is 1.41. The number of Topliss-reactive ketones (excluding diaryl/α,β-unsaturated/α-hetero) is 1. The van der Waals surface area contributed by atoms with Crippen molar-refractivity contribution in [2.24, 2.45) is 11.8 Å². The van der Waals surface area contributed by atoms with Gasteiger partial charge in [-0.15, -0.1) is 0 Å².